The first-order valence-electron chi connectivity index (χ1n) is 8.80. The zero-order valence-electron chi connectivity index (χ0n) is 15.4. The predicted octanol–water partition coefficient (Wildman–Crippen LogP) is 5.03. The highest BCUT2D eigenvalue weighted by Gasteiger charge is 2.19. The zero-order valence-corrected chi connectivity index (χ0v) is 15.4. The predicted molar refractivity (Wildman–Crippen MR) is 108 cm³/mol. The zero-order chi connectivity index (χ0) is 19.9. The number of ketones is 1. The van der Waals surface area contributed by atoms with Crippen LogP contribution in [-0.4, -0.2) is 17.8 Å². The van der Waals surface area contributed by atoms with Crippen LogP contribution >= 0.6 is 0 Å². The van der Waals surface area contributed by atoms with Crippen LogP contribution in [0.3, 0.4) is 0 Å². The number of carbonyl (C=O) groups excluding carboxylic acids is 1. The molecule has 0 spiro atoms. The van der Waals surface area contributed by atoms with Crippen LogP contribution in [-0.2, 0) is 0 Å². The van der Waals surface area contributed by atoms with E-state index < -0.39 is 11.0 Å². The molecule has 0 aliphatic rings. The number of rotatable bonds is 8. The lowest BCUT2D eigenvalue weighted by molar-refractivity contribution is -0.384. The van der Waals surface area contributed by atoms with Crippen LogP contribution in [0.2, 0.25) is 0 Å². The summed E-state index contributed by atoms with van der Waals surface area (Å²) in [7, 11) is 1.59. The van der Waals surface area contributed by atoms with Crippen LogP contribution in [0.5, 0.6) is 5.75 Å². The fourth-order valence-electron chi connectivity index (χ4n) is 2.92. The summed E-state index contributed by atoms with van der Waals surface area (Å²) in [5, 5.41) is 14.5. The van der Waals surface area contributed by atoms with Crippen LogP contribution in [0.4, 0.5) is 11.4 Å². The second-order valence-corrected chi connectivity index (χ2v) is 6.27. The normalized spacial score (nSPS) is 11.5. The number of ether oxygens (including phenoxy) is 1. The molecular formula is C22H20N2O4. The third kappa shape index (κ3) is 4.73. The van der Waals surface area contributed by atoms with Gasteiger partial charge in [0.25, 0.3) is 5.69 Å². The average molecular weight is 376 g/mol. The summed E-state index contributed by atoms with van der Waals surface area (Å²) in [6.45, 7) is 0. The molecule has 1 N–H and O–H groups in total. The lowest BCUT2D eigenvalue weighted by Crippen LogP contribution is -2.16. The molecule has 0 saturated heterocycles. The lowest BCUT2D eigenvalue weighted by atomic mass is 9.97. The Morgan fingerprint density at radius 1 is 1.04 bits per heavy atom. The Labute approximate surface area is 162 Å². The molecule has 0 aromatic heterocycles. The van der Waals surface area contributed by atoms with Gasteiger partial charge in [-0.2, -0.15) is 0 Å². The number of methoxy groups -OCH3 is 1. The summed E-state index contributed by atoms with van der Waals surface area (Å²) in [5.74, 6) is 0.677. The number of hydrogen-bond donors (Lipinski definition) is 1. The molecule has 0 heterocycles. The number of benzene rings is 3. The van der Waals surface area contributed by atoms with E-state index >= 15 is 0 Å². The van der Waals surface area contributed by atoms with Crippen molar-refractivity contribution in [1.82, 2.24) is 0 Å². The van der Waals surface area contributed by atoms with Gasteiger partial charge in [-0.1, -0.05) is 42.5 Å². The summed E-state index contributed by atoms with van der Waals surface area (Å²) in [6, 6.07) is 22.2. The molecule has 0 aliphatic carbocycles. The molecular weight excluding hydrogens is 356 g/mol. The summed E-state index contributed by atoms with van der Waals surface area (Å²) < 4.78 is 5.17. The summed E-state index contributed by atoms with van der Waals surface area (Å²) in [4.78, 5) is 23.5. The summed E-state index contributed by atoms with van der Waals surface area (Å²) >= 11 is 0. The molecule has 0 fully saturated rings. The van der Waals surface area contributed by atoms with E-state index in [4.69, 9.17) is 4.74 Å². The number of nitro groups is 1. The molecule has 3 rings (SSSR count). The Hall–Kier alpha value is -3.67. The molecule has 0 radical (unpaired) electrons. The van der Waals surface area contributed by atoms with Gasteiger partial charge in [-0.15, -0.1) is 0 Å². The van der Waals surface area contributed by atoms with Crippen molar-refractivity contribution in [3.63, 3.8) is 0 Å². The summed E-state index contributed by atoms with van der Waals surface area (Å²) in [5.41, 5.74) is 2.06. The SMILES string of the molecule is COc1ccc(NC(CC(=O)c2ccccc2)c2cccc([N+](=O)[O-])c2)cc1. The van der Waals surface area contributed by atoms with Gasteiger partial charge in [-0.3, -0.25) is 14.9 Å². The maximum atomic E-state index is 12.7. The van der Waals surface area contributed by atoms with E-state index in [2.05, 4.69) is 5.32 Å². The molecule has 1 atom stereocenters. The van der Waals surface area contributed by atoms with Crippen molar-refractivity contribution < 1.29 is 14.5 Å². The van der Waals surface area contributed by atoms with Crippen LogP contribution < -0.4 is 10.1 Å². The van der Waals surface area contributed by atoms with E-state index in [1.165, 1.54) is 12.1 Å². The highest BCUT2D eigenvalue weighted by atomic mass is 16.6. The highest BCUT2D eigenvalue weighted by Crippen LogP contribution is 2.28. The topological polar surface area (TPSA) is 81.5 Å². The smallest absolute Gasteiger partial charge is 0.269 e. The van der Waals surface area contributed by atoms with E-state index in [1.54, 1.807) is 31.4 Å². The van der Waals surface area contributed by atoms with Crippen molar-refractivity contribution in [2.45, 2.75) is 12.5 Å². The first-order chi connectivity index (χ1) is 13.6. The Bertz CT molecular complexity index is 956. The first kappa shape index (κ1) is 19.1. The van der Waals surface area contributed by atoms with E-state index in [9.17, 15) is 14.9 Å². The minimum Gasteiger partial charge on any atom is -0.497 e. The lowest BCUT2D eigenvalue weighted by Gasteiger charge is -2.20. The molecule has 3 aromatic carbocycles. The molecule has 0 bridgehead atoms. The van der Waals surface area contributed by atoms with E-state index in [-0.39, 0.29) is 17.9 Å². The second-order valence-electron chi connectivity index (χ2n) is 6.27. The Kier molecular flexibility index (Phi) is 6.01. The monoisotopic (exact) mass is 376 g/mol. The van der Waals surface area contributed by atoms with Crippen molar-refractivity contribution in [2.75, 3.05) is 12.4 Å². The van der Waals surface area contributed by atoms with Gasteiger partial charge in [0.2, 0.25) is 0 Å². The molecule has 3 aromatic rings. The molecule has 28 heavy (non-hydrogen) atoms. The molecule has 0 aliphatic heterocycles. The number of carbonyl (C=O) groups is 1. The quantitative estimate of drug-likeness (QED) is 0.339. The number of nitrogens with one attached hydrogen (secondary N) is 1. The molecule has 6 nitrogen and oxygen atoms in total. The standard InChI is InChI=1S/C22H20N2O4/c1-28-20-12-10-18(11-13-20)23-21(15-22(25)16-6-3-2-4-7-16)17-8-5-9-19(14-17)24(26)27/h2-14,21,23H,15H2,1H3. The first-order valence-corrected chi connectivity index (χ1v) is 8.80. The van der Waals surface area contributed by atoms with Gasteiger partial charge in [0.05, 0.1) is 18.1 Å². The number of Topliss-reactive ketones (excluding diaryl/α,β-unsaturated/α-hetero) is 1. The Morgan fingerprint density at radius 2 is 1.75 bits per heavy atom. The Balaban J connectivity index is 1.89. The average Bonchev–Trinajstić information content (AvgIpc) is 2.74. The van der Waals surface area contributed by atoms with E-state index in [0.29, 0.717) is 11.1 Å². The van der Waals surface area contributed by atoms with E-state index in [0.717, 1.165) is 11.4 Å². The maximum absolute atomic E-state index is 12.7. The van der Waals surface area contributed by atoms with Crippen LogP contribution in [0.15, 0.2) is 78.9 Å². The minimum absolute atomic E-state index is 0.00816. The molecule has 142 valence electrons. The molecule has 1 unspecified atom stereocenters. The maximum Gasteiger partial charge on any atom is 0.269 e. The van der Waals surface area contributed by atoms with Crippen molar-refractivity contribution >= 4 is 17.2 Å². The van der Waals surface area contributed by atoms with Gasteiger partial charge in [0.15, 0.2) is 5.78 Å². The van der Waals surface area contributed by atoms with Crippen LogP contribution in [0.25, 0.3) is 0 Å². The third-order valence-corrected chi connectivity index (χ3v) is 4.40. The van der Waals surface area contributed by atoms with Gasteiger partial charge in [-0.05, 0) is 29.8 Å². The van der Waals surface area contributed by atoms with Crippen molar-refractivity contribution in [2.24, 2.45) is 0 Å². The van der Waals surface area contributed by atoms with Crippen molar-refractivity contribution in [3.05, 3.63) is 100 Å². The van der Waals surface area contributed by atoms with Gasteiger partial charge in [0, 0.05) is 29.8 Å². The number of nitro benzene ring substituents is 1. The van der Waals surface area contributed by atoms with Gasteiger partial charge < -0.3 is 10.1 Å². The molecule has 6 heteroatoms. The third-order valence-electron chi connectivity index (χ3n) is 4.40. The Morgan fingerprint density at radius 3 is 2.39 bits per heavy atom. The molecule has 0 saturated carbocycles. The minimum atomic E-state index is -0.438. The van der Waals surface area contributed by atoms with Crippen LogP contribution in [0, 0.1) is 10.1 Å². The summed E-state index contributed by atoms with van der Waals surface area (Å²) in [6.07, 6.45) is 0.164. The number of non-ortho nitro benzene ring substituents is 1. The van der Waals surface area contributed by atoms with E-state index in [1.807, 2.05) is 42.5 Å². The molecule has 0 amide bonds. The number of hydrogen-bond acceptors (Lipinski definition) is 5. The highest BCUT2D eigenvalue weighted by molar-refractivity contribution is 5.96. The van der Waals surface area contributed by atoms with Crippen molar-refractivity contribution in [3.8, 4) is 5.75 Å². The fraction of sp³-hybridized carbons (Fsp3) is 0.136. The number of anilines is 1. The van der Waals surface area contributed by atoms with Gasteiger partial charge in [0.1, 0.15) is 5.75 Å². The van der Waals surface area contributed by atoms with Gasteiger partial charge >= 0.3 is 0 Å². The fourth-order valence-corrected chi connectivity index (χ4v) is 2.92. The van der Waals surface area contributed by atoms with Gasteiger partial charge in [-0.25, -0.2) is 0 Å². The van der Waals surface area contributed by atoms with Crippen LogP contribution in [0.1, 0.15) is 28.4 Å². The largest absolute Gasteiger partial charge is 0.497 e. The number of nitrogens with zero attached hydrogens (tertiary/aromatic N) is 1. The van der Waals surface area contributed by atoms with Crippen molar-refractivity contribution in [1.29, 1.82) is 0 Å². The second kappa shape index (κ2) is 8.81.